The van der Waals surface area contributed by atoms with E-state index in [2.05, 4.69) is 25.2 Å². The van der Waals surface area contributed by atoms with Gasteiger partial charge in [0, 0.05) is 5.56 Å². The van der Waals surface area contributed by atoms with E-state index in [1.54, 1.807) is 24.3 Å². The van der Waals surface area contributed by atoms with Gasteiger partial charge >= 0.3 is 0 Å². The quantitative estimate of drug-likeness (QED) is 0.301. The van der Waals surface area contributed by atoms with Crippen molar-refractivity contribution in [2.75, 3.05) is 7.05 Å². The SMILES string of the molecule is CNS(=O)(=O)c1ccc(-c2ccc3nc(Cc4nnc(CC(=O)NC5(N)CC5)o4)sc3c2F)cc1. The summed E-state index contributed by atoms with van der Waals surface area (Å²) in [6.45, 7) is 0. The van der Waals surface area contributed by atoms with Crippen LogP contribution in [0.3, 0.4) is 0 Å². The first-order valence-electron chi connectivity index (χ1n) is 10.7. The number of benzene rings is 2. The number of carbonyl (C=O) groups is 1. The van der Waals surface area contributed by atoms with E-state index in [1.807, 2.05) is 0 Å². The Labute approximate surface area is 203 Å². The van der Waals surface area contributed by atoms with Crippen molar-refractivity contribution in [3.05, 3.63) is 59.0 Å². The Morgan fingerprint density at radius 3 is 2.57 bits per heavy atom. The van der Waals surface area contributed by atoms with Crippen molar-refractivity contribution >= 4 is 37.5 Å². The lowest BCUT2D eigenvalue weighted by molar-refractivity contribution is -0.121. The summed E-state index contributed by atoms with van der Waals surface area (Å²) in [5, 5.41) is 11.1. The molecule has 13 heteroatoms. The maximum Gasteiger partial charge on any atom is 0.240 e. The molecule has 1 aliphatic carbocycles. The lowest BCUT2D eigenvalue weighted by atomic mass is 10.1. The van der Waals surface area contributed by atoms with Gasteiger partial charge in [-0.1, -0.05) is 12.1 Å². The number of nitrogens with two attached hydrogens (primary N) is 1. The van der Waals surface area contributed by atoms with Crippen molar-refractivity contribution in [3.8, 4) is 11.1 Å². The van der Waals surface area contributed by atoms with Gasteiger partial charge in [0.05, 0.1) is 27.2 Å². The molecule has 35 heavy (non-hydrogen) atoms. The van der Waals surface area contributed by atoms with Crippen LogP contribution in [-0.4, -0.2) is 42.2 Å². The summed E-state index contributed by atoms with van der Waals surface area (Å²) in [6, 6.07) is 9.28. The first-order valence-corrected chi connectivity index (χ1v) is 13.0. The molecule has 0 aliphatic heterocycles. The van der Waals surface area contributed by atoms with Crippen LogP contribution < -0.4 is 15.8 Å². The second kappa shape index (κ2) is 8.75. The molecular formula is C22H21FN6O4S2. The second-order valence-corrected chi connectivity index (χ2v) is 11.2. The first-order chi connectivity index (χ1) is 16.7. The van der Waals surface area contributed by atoms with Crippen LogP contribution in [-0.2, 0) is 27.7 Å². The zero-order valence-electron chi connectivity index (χ0n) is 18.5. The highest BCUT2D eigenvalue weighted by Crippen LogP contribution is 2.33. The summed E-state index contributed by atoms with van der Waals surface area (Å²) in [7, 11) is -2.25. The molecular weight excluding hydrogens is 495 g/mol. The standard InChI is InChI=1S/C22H21FN6O4S2/c1-25-35(31,32)13-4-2-12(3-5-13)14-6-7-15-21(20(14)23)34-19(26-15)11-18-29-28-17(33-18)10-16(30)27-22(24)8-9-22/h2-7,25H,8-11,24H2,1H3,(H,27,30). The van der Waals surface area contributed by atoms with Crippen molar-refractivity contribution in [1.29, 1.82) is 0 Å². The zero-order valence-corrected chi connectivity index (χ0v) is 20.2. The predicted octanol–water partition coefficient (Wildman–Crippen LogP) is 2.09. The number of rotatable bonds is 8. The van der Waals surface area contributed by atoms with Crippen LogP contribution in [0.15, 0.2) is 45.7 Å². The van der Waals surface area contributed by atoms with Gasteiger partial charge in [-0.15, -0.1) is 21.5 Å². The number of carbonyl (C=O) groups excluding carboxylic acids is 1. The highest BCUT2D eigenvalue weighted by molar-refractivity contribution is 7.89. The van der Waals surface area contributed by atoms with Gasteiger partial charge in [-0.2, -0.15) is 0 Å². The molecule has 182 valence electrons. The molecule has 0 spiro atoms. The zero-order chi connectivity index (χ0) is 24.8. The Morgan fingerprint density at radius 1 is 1.17 bits per heavy atom. The summed E-state index contributed by atoms with van der Waals surface area (Å²) < 4.78 is 47.3. The highest BCUT2D eigenvalue weighted by atomic mass is 32.2. The van der Waals surface area contributed by atoms with E-state index in [0.29, 0.717) is 26.4 Å². The topological polar surface area (TPSA) is 153 Å². The number of hydrogen-bond acceptors (Lipinski definition) is 9. The fourth-order valence-electron chi connectivity index (χ4n) is 3.52. The minimum absolute atomic E-state index is 0.0712. The number of hydrogen-bond donors (Lipinski definition) is 3. The number of nitrogens with one attached hydrogen (secondary N) is 2. The van der Waals surface area contributed by atoms with Crippen molar-refractivity contribution in [2.24, 2.45) is 5.73 Å². The molecule has 0 saturated heterocycles. The van der Waals surface area contributed by atoms with Gasteiger partial charge in [-0.3, -0.25) is 4.79 Å². The van der Waals surface area contributed by atoms with Gasteiger partial charge in [-0.05, 0) is 49.7 Å². The number of thiazole rings is 1. The summed E-state index contributed by atoms with van der Waals surface area (Å²) in [6.07, 6.45) is 1.61. The normalized spacial score (nSPS) is 14.8. The van der Waals surface area contributed by atoms with Crippen LogP contribution in [0.2, 0.25) is 0 Å². The number of amides is 1. The molecule has 1 saturated carbocycles. The molecule has 10 nitrogen and oxygen atoms in total. The van der Waals surface area contributed by atoms with Crippen molar-refractivity contribution in [2.45, 2.75) is 36.2 Å². The monoisotopic (exact) mass is 516 g/mol. The van der Waals surface area contributed by atoms with Gasteiger partial charge in [0.2, 0.25) is 27.7 Å². The molecule has 2 heterocycles. The molecule has 2 aromatic carbocycles. The molecule has 0 atom stereocenters. The minimum Gasteiger partial charge on any atom is -0.424 e. The van der Waals surface area contributed by atoms with E-state index in [1.165, 1.54) is 19.2 Å². The van der Waals surface area contributed by atoms with Gasteiger partial charge in [0.1, 0.15) is 17.2 Å². The Hall–Kier alpha value is -3.26. The Balaban J connectivity index is 1.33. The molecule has 1 aliphatic rings. The number of halogens is 1. The van der Waals surface area contributed by atoms with E-state index in [9.17, 15) is 13.2 Å². The Morgan fingerprint density at radius 2 is 1.89 bits per heavy atom. The first kappa shape index (κ1) is 23.5. The van der Waals surface area contributed by atoms with E-state index in [0.717, 1.165) is 24.2 Å². The summed E-state index contributed by atoms with van der Waals surface area (Å²) >= 11 is 1.16. The summed E-state index contributed by atoms with van der Waals surface area (Å²) in [5.74, 6) is -0.303. The number of fused-ring (bicyclic) bond motifs is 1. The highest BCUT2D eigenvalue weighted by Gasteiger charge is 2.39. The third-order valence-electron chi connectivity index (χ3n) is 5.59. The molecule has 4 aromatic rings. The Kier molecular flexibility index (Phi) is 5.87. The van der Waals surface area contributed by atoms with Gasteiger partial charge in [-0.25, -0.2) is 22.5 Å². The Bertz CT molecular complexity index is 1530. The maximum absolute atomic E-state index is 15.3. The average Bonchev–Trinajstić information content (AvgIpc) is 3.19. The summed E-state index contributed by atoms with van der Waals surface area (Å²) in [4.78, 5) is 16.6. The van der Waals surface area contributed by atoms with Crippen molar-refractivity contribution in [3.63, 3.8) is 0 Å². The van der Waals surface area contributed by atoms with Gasteiger partial charge in [0.25, 0.3) is 0 Å². The average molecular weight is 517 g/mol. The minimum atomic E-state index is -3.58. The third-order valence-corrected chi connectivity index (χ3v) is 8.08. The van der Waals surface area contributed by atoms with Gasteiger partial charge in [0.15, 0.2) is 0 Å². The van der Waals surface area contributed by atoms with Crippen molar-refractivity contribution in [1.82, 2.24) is 25.2 Å². The van der Waals surface area contributed by atoms with Crippen LogP contribution in [0.4, 0.5) is 4.39 Å². The third kappa shape index (κ3) is 4.93. The van der Waals surface area contributed by atoms with Crippen LogP contribution in [0.1, 0.15) is 29.6 Å². The van der Waals surface area contributed by atoms with E-state index in [4.69, 9.17) is 10.2 Å². The molecule has 2 aromatic heterocycles. The maximum atomic E-state index is 15.3. The summed E-state index contributed by atoms with van der Waals surface area (Å²) in [5.41, 5.74) is 6.62. The molecule has 4 N–H and O–H groups in total. The lowest BCUT2D eigenvalue weighted by Gasteiger charge is -2.09. The fraction of sp³-hybridized carbons (Fsp3) is 0.273. The van der Waals surface area contributed by atoms with E-state index >= 15 is 4.39 Å². The second-order valence-electron chi connectivity index (χ2n) is 8.26. The van der Waals surface area contributed by atoms with Crippen molar-refractivity contribution < 1.29 is 22.0 Å². The molecule has 5 rings (SSSR count). The number of sulfonamides is 1. The lowest BCUT2D eigenvalue weighted by Crippen LogP contribution is -2.44. The smallest absolute Gasteiger partial charge is 0.240 e. The van der Waals surface area contributed by atoms with E-state index in [-0.39, 0.29) is 35.4 Å². The fourth-order valence-corrected chi connectivity index (χ4v) is 5.24. The van der Waals surface area contributed by atoms with E-state index < -0.39 is 21.5 Å². The van der Waals surface area contributed by atoms with Gasteiger partial charge < -0.3 is 15.5 Å². The van der Waals surface area contributed by atoms with Crippen LogP contribution in [0.5, 0.6) is 0 Å². The molecule has 1 fully saturated rings. The predicted molar refractivity (Wildman–Crippen MR) is 126 cm³/mol. The molecule has 0 unspecified atom stereocenters. The van der Waals surface area contributed by atoms with Crippen LogP contribution >= 0.6 is 11.3 Å². The largest absolute Gasteiger partial charge is 0.424 e. The van der Waals surface area contributed by atoms with Crippen LogP contribution in [0.25, 0.3) is 21.3 Å². The number of nitrogens with zero attached hydrogens (tertiary/aromatic N) is 3. The number of aromatic nitrogens is 3. The molecule has 0 bridgehead atoms. The molecule has 0 radical (unpaired) electrons. The molecule has 1 amide bonds. The van der Waals surface area contributed by atoms with Crippen LogP contribution in [0, 0.1) is 5.82 Å².